The Balaban J connectivity index is 2.35. The fourth-order valence-corrected chi connectivity index (χ4v) is 1.75. The van der Waals surface area contributed by atoms with Gasteiger partial charge in [-0.15, -0.1) is 0 Å². The van der Waals surface area contributed by atoms with E-state index in [-0.39, 0.29) is 5.56 Å². The number of aromatic carboxylic acids is 1. The first kappa shape index (κ1) is 15.5. The number of benzene rings is 1. The van der Waals surface area contributed by atoms with E-state index in [4.69, 9.17) is 9.84 Å². The number of ether oxygens (including phenoxy) is 1. The summed E-state index contributed by atoms with van der Waals surface area (Å²) in [4.78, 5) is 12.7. The highest BCUT2D eigenvalue weighted by Crippen LogP contribution is 2.12. The minimum Gasteiger partial charge on any atom is -0.492 e. The van der Waals surface area contributed by atoms with E-state index in [0.717, 1.165) is 0 Å². The molecule has 0 fully saturated rings. The maximum atomic E-state index is 10.7. The van der Waals surface area contributed by atoms with Crippen LogP contribution in [-0.2, 0) is 0 Å². The van der Waals surface area contributed by atoms with Gasteiger partial charge in [-0.05, 0) is 45.2 Å². The lowest BCUT2D eigenvalue weighted by molar-refractivity contribution is 0.0411. The number of aliphatic hydroxyl groups is 1. The fraction of sp³-hybridized carbons (Fsp3) is 0.500. The molecule has 0 aliphatic heterocycles. The molecule has 0 spiro atoms. The summed E-state index contributed by atoms with van der Waals surface area (Å²) < 4.78 is 5.51. The van der Waals surface area contributed by atoms with Gasteiger partial charge in [0.25, 0.3) is 0 Å². The van der Waals surface area contributed by atoms with Crippen LogP contribution in [0.1, 0.15) is 24.2 Å². The summed E-state index contributed by atoms with van der Waals surface area (Å²) in [5.74, 6) is -0.307. The molecule has 0 saturated heterocycles. The number of rotatable bonds is 7. The summed E-state index contributed by atoms with van der Waals surface area (Å²) in [6.07, 6.45) is 0. The summed E-state index contributed by atoms with van der Waals surface area (Å²) in [6, 6.07) is 6.30. The van der Waals surface area contributed by atoms with Crippen LogP contribution in [0, 0.1) is 0 Å². The zero-order valence-corrected chi connectivity index (χ0v) is 11.6. The highest BCUT2D eigenvalue weighted by molar-refractivity contribution is 5.87. The van der Waals surface area contributed by atoms with Crippen LogP contribution in [0.2, 0.25) is 0 Å². The third kappa shape index (κ3) is 6.22. The van der Waals surface area contributed by atoms with Crippen molar-refractivity contribution in [2.24, 2.45) is 0 Å². The van der Waals surface area contributed by atoms with Crippen molar-refractivity contribution < 1.29 is 19.7 Å². The van der Waals surface area contributed by atoms with Crippen LogP contribution in [0.25, 0.3) is 0 Å². The molecule has 0 saturated carbocycles. The molecule has 0 aromatic heterocycles. The van der Waals surface area contributed by atoms with Crippen molar-refractivity contribution in [1.29, 1.82) is 0 Å². The van der Waals surface area contributed by atoms with Gasteiger partial charge in [-0.25, -0.2) is 4.79 Å². The highest BCUT2D eigenvalue weighted by atomic mass is 16.5. The van der Waals surface area contributed by atoms with Gasteiger partial charge >= 0.3 is 5.97 Å². The quantitative estimate of drug-likeness (QED) is 0.783. The molecule has 0 unspecified atom stereocenters. The zero-order chi connectivity index (χ0) is 14.5. The van der Waals surface area contributed by atoms with Gasteiger partial charge in [-0.3, -0.25) is 0 Å². The minimum atomic E-state index is -0.948. The smallest absolute Gasteiger partial charge is 0.335 e. The van der Waals surface area contributed by atoms with Crippen molar-refractivity contribution in [3.05, 3.63) is 29.8 Å². The minimum absolute atomic E-state index is 0.242. The van der Waals surface area contributed by atoms with E-state index in [9.17, 15) is 9.90 Å². The summed E-state index contributed by atoms with van der Waals surface area (Å²) in [7, 11) is 1.91. The van der Waals surface area contributed by atoms with Crippen molar-refractivity contribution in [3.63, 3.8) is 0 Å². The van der Waals surface area contributed by atoms with Crippen molar-refractivity contribution in [3.8, 4) is 5.75 Å². The molecule has 0 aliphatic rings. The van der Waals surface area contributed by atoms with Crippen LogP contribution in [0.5, 0.6) is 5.75 Å². The molecule has 1 aromatic carbocycles. The number of hydrogen-bond acceptors (Lipinski definition) is 4. The predicted octanol–water partition coefficient (Wildman–Crippen LogP) is 1.47. The van der Waals surface area contributed by atoms with Crippen molar-refractivity contribution in [2.45, 2.75) is 19.4 Å². The molecule has 0 heterocycles. The second kappa shape index (κ2) is 6.54. The summed E-state index contributed by atoms with van der Waals surface area (Å²) in [5.41, 5.74) is -0.482. The second-order valence-corrected chi connectivity index (χ2v) is 5.23. The summed E-state index contributed by atoms with van der Waals surface area (Å²) in [6.45, 7) is 5.25. The Morgan fingerprint density at radius 1 is 1.32 bits per heavy atom. The van der Waals surface area contributed by atoms with Crippen LogP contribution >= 0.6 is 0 Å². The lowest BCUT2D eigenvalue weighted by atomic mass is 10.1. The Labute approximate surface area is 113 Å². The lowest BCUT2D eigenvalue weighted by Crippen LogP contribution is -2.38. The summed E-state index contributed by atoms with van der Waals surface area (Å²) in [5, 5.41) is 18.4. The van der Waals surface area contributed by atoms with Gasteiger partial charge < -0.3 is 19.8 Å². The molecule has 5 nitrogen and oxygen atoms in total. The molecule has 5 heteroatoms. The molecular formula is C14H21NO4. The molecule has 0 amide bonds. The first-order chi connectivity index (χ1) is 8.78. The van der Waals surface area contributed by atoms with E-state index in [1.807, 2.05) is 11.9 Å². The van der Waals surface area contributed by atoms with E-state index in [1.165, 1.54) is 12.1 Å². The molecule has 1 rings (SSSR count). The second-order valence-electron chi connectivity index (χ2n) is 5.23. The van der Waals surface area contributed by atoms with Crippen LogP contribution in [0.3, 0.4) is 0 Å². The Kier molecular flexibility index (Phi) is 5.32. The normalized spacial score (nSPS) is 11.6. The van der Waals surface area contributed by atoms with Crippen molar-refractivity contribution in [2.75, 3.05) is 26.7 Å². The number of carbonyl (C=O) groups is 1. The van der Waals surface area contributed by atoms with E-state index in [0.29, 0.717) is 25.4 Å². The van der Waals surface area contributed by atoms with E-state index in [2.05, 4.69) is 0 Å². The third-order valence-corrected chi connectivity index (χ3v) is 2.50. The predicted molar refractivity (Wildman–Crippen MR) is 72.7 cm³/mol. The average Bonchev–Trinajstić information content (AvgIpc) is 2.27. The van der Waals surface area contributed by atoms with Gasteiger partial charge in [0.15, 0.2) is 0 Å². The Hall–Kier alpha value is -1.59. The monoisotopic (exact) mass is 267 g/mol. The standard InChI is InChI=1S/C14H21NO4/c1-14(2,18)10-15(3)8-9-19-12-6-4-11(5-7-12)13(16)17/h4-7,18H,8-10H2,1-3H3,(H,16,17). The fourth-order valence-electron chi connectivity index (χ4n) is 1.75. The molecule has 0 bridgehead atoms. The Morgan fingerprint density at radius 3 is 2.37 bits per heavy atom. The first-order valence-corrected chi connectivity index (χ1v) is 6.15. The SMILES string of the molecule is CN(CCOc1ccc(C(=O)O)cc1)CC(C)(C)O. The molecule has 19 heavy (non-hydrogen) atoms. The molecule has 0 aliphatic carbocycles. The third-order valence-electron chi connectivity index (χ3n) is 2.50. The number of hydrogen-bond donors (Lipinski definition) is 2. The van der Waals surface area contributed by atoms with Gasteiger partial charge in [0.05, 0.1) is 11.2 Å². The molecule has 1 aromatic rings. The van der Waals surface area contributed by atoms with Gasteiger partial charge in [-0.1, -0.05) is 0 Å². The van der Waals surface area contributed by atoms with Gasteiger partial charge in [0.2, 0.25) is 0 Å². The molecular weight excluding hydrogens is 246 g/mol. The molecule has 0 atom stereocenters. The van der Waals surface area contributed by atoms with Crippen LogP contribution < -0.4 is 4.74 Å². The number of nitrogens with zero attached hydrogens (tertiary/aromatic N) is 1. The molecule has 0 radical (unpaired) electrons. The van der Waals surface area contributed by atoms with Gasteiger partial charge in [0.1, 0.15) is 12.4 Å². The highest BCUT2D eigenvalue weighted by Gasteiger charge is 2.15. The molecule has 106 valence electrons. The van der Waals surface area contributed by atoms with Crippen molar-refractivity contribution in [1.82, 2.24) is 4.90 Å². The molecule has 2 N–H and O–H groups in total. The number of carboxylic acids is 1. The maximum Gasteiger partial charge on any atom is 0.335 e. The van der Waals surface area contributed by atoms with E-state index < -0.39 is 11.6 Å². The summed E-state index contributed by atoms with van der Waals surface area (Å²) >= 11 is 0. The van der Waals surface area contributed by atoms with Crippen LogP contribution in [-0.4, -0.2) is 53.4 Å². The number of likely N-dealkylation sites (N-methyl/N-ethyl adjacent to an activating group) is 1. The van der Waals surface area contributed by atoms with Gasteiger partial charge in [0, 0.05) is 13.1 Å². The average molecular weight is 267 g/mol. The topological polar surface area (TPSA) is 70.0 Å². The van der Waals surface area contributed by atoms with Crippen molar-refractivity contribution >= 4 is 5.97 Å². The van der Waals surface area contributed by atoms with E-state index in [1.54, 1.807) is 26.0 Å². The van der Waals surface area contributed by atoms with Crippen LogP contribution in [0.4, 0.5) is 0 Å². The Bertz CT molecular complexity index is 408. The largest absolute Gasteiger partial charge is 0.492 e. The van der Waals surface area contributed by atoms with Gasteiger partial charge in [-0.2, -0.15) is 0 Å². The lowest BCUT2D eigenvalue weighted by Gasteiger charge is -2.25. The van der Waals surface area contributed by atoms with E-state index >= 15 is 0 Å². The van der Waals surface area contributed by atoms with Crippen LogP contribution in [0.15, 0.2) is 24.3 Å². The maximum absolute atomic E-state index is 10.7. The Morgan fingerprint density at radius 2 is 1.89 bits per heavy atom. The zero-order valence-electron chi connectivity index (χ0n) is 11.6. The first-order valence-electron chi connectivity index (χ1n) is 6.15. The number of carboxylic acid groups (broad SMARTS) is 1.